The van der Waals surface area contributed by atoms with Crippen molar-refractivity contribution in [1.29, 1.82) is 0 Å². The Morgan fingerprint density at radius 1 is 1.22 bits per heavy atom. The summed E-state index contributed by atoms with van der Waals surface area (Å²) in [4.78, 5) is 1.95. The Bertz CT molecular complexity index is 421. The number of nitrogens with zero attached hydrogens (tertiary/aromatic N) is 1. The van der Waals surface area contributed by atoms with Crippen LogP contribution in [0.2, 0.25) is 0 Å². The van der Waals surface area contributed by atoms with Crippen LogP contribution >= 0.6 is 0 Å². The molecule has 2 rings (SSSR count). The maximum Gasteiger partial charge on any atom is 0.418 e. The number of hydrogen-bond acceptors (Lipinski definition) is 2. The molecule has 2 nitrogen and oxygen atoms in total. The van der Waals surface area contributed by atoms with Gasteiger partial charge in [0.2, 0.25) is 0 Å². The lowest BCUT2D eigenvalue weighted by atomic mass is 9.98. The number of alkyl halides is 3. The molecule has 18 heavy (non-hydrogen) atoms. The van der Waals surface area contributed by atoms with Crippen molar-refractivity contribution in [1.82, 2.24) is 0 Å². The quantitative estimate of drug-likeness (QED) is 0.782. The van der Waals surface area contributed by atoms with Gasteiger partial charge in [0.05, 0.1) is 5.56 Å². The molecule has 0 aliphatic carbocycles. The highest BCUT2D eigenvalue weighted by Gasteiger charge is 2.33. The molecule has 0 amide bonds. The summed E-state index contributed by atoms with van der Waals surface area (Å²) in [5, 5.41) is 0. The molecule has 1 fully saturated rings. The first-order valence-corrected chi connectivity index (χ1v) is 5.92. The Morgan fingerprint density at radius 3 is 2.39 bits per heavy atom. The summed E-state index contributed by atoms with van der Waals surface area (Å²) in [7, 11) is 0. The minimum atomic E-state index is -4.40. The van der Waals surface area contributed by atoms with E-state index in [-0.39, 0.29) is 5.69 Å². The standard InChI is InChI=1S/C13H16F3N2/c1-9-4-6-18(7-5-9)10-2-3-12(17)11(8-10)13(14,15)16/h2-3,8-9H,1,4-7,17H2. The average Bonchev–Trinajstić information content (AvgIpc) is 2.29. The van der Waals surface area contributed by atoms with Crippen LogP contribution < -0.4 is 10.6 Å². The minimum absolute atomic E-state index is 0.224. The molecule has 1 heterocycles. The van der Waals surface area contributed by atoms with Crippen molar-refractivity contribution in [3.05, 3.63) is 30.7 Å². The Hall–Kier alpha value is -1.39. The molecule has 0 bridgehead atoms. The Kier molecular flexibility index (Phi) is 3.41. The highest BCUT2D eigenvalue weighted by molar-refractivity contribution is 5.59. The van der Waals surface area contributed by atoms with Crippen molar-refractivity contribution in [3.63, 3.8) is 0 Å². The van der Waals surface area contributed by atoms with Crippen LogP contribution in [0.1, 0.15) is 18.4 Å². The third-order valence-corrected chi connectivity index (χ3v) is 3.32. The second-order valence-corrected chi connectivity index (χ2v) is 4.70. The van der Waals surface area contributed by atoms with Crippen LogP contribution in [0.25, 0.3) is 0 Å². The molecule has 1 aliphatic rings. The SMILES string of the molecule is [CH2]C1CCN(c2ccc(N)c(C(F)(F)F)c2)CC1. The average molecular weight is 257 g/mol. The van der Waals surface area contributed by atoms with Gasteiger partial charge in [0.25, 0.3) is 0 Å². The molecule has 1 saturated heterocycles. The number of nitrogen functional groups attached to an aromatic ring is 1. The molecule has 1 radical (unpaired) electrons. The van der Waals surface area contributed by atoms with Gasteiger partial charge in [-0.2, -0.15) is 13.2 Å². The predicted molar refractivity (Wildman–Crippen MR) is 66.2 cm³/mol. The van der Waals surface area contributed by atoms with Crippen LogP contribution in [0.3, 0.4) is 0 Å². The molecule has 0 saturated carbocycles. The van der Waals surface area contributed by atoms with Crippen LogP contribution in [-0.4, -0.2) is 13.1 Å². The molecule has 1 aliphatic heterocycles. The highest BCUT2D eigenvalue weighted by Crippen LogP contribution is 2.36. The van der Waals surface area contributed by atoms with Gasteiger partial charge in [-0.05, 0) is 37.0 Å². The summed E-state index contributed by atoms with van der Waals surface area (Å²) >= 11 is 0. The lowest BCUT2D eigenvalue weighted by Gasteiger charge is -2.32. The van der Waals surface area contributed by atoms with Gasteiger partial charge in [-0.1, -0.05) is 6.92 Å². The minimum Gasteiger partial charge on any atom is -0.398 e. The molecule has 5 heteroatoms. The van der Waals surface area contributed by atoms with Crippen LogP contribution in [0, 0.1) is 12.8 Å². The second kappa shape index (κ2) is 4.71. The van der Waals surface area contributed by atoms with E-state index in [9.17, 15) is 13.2 Å². The number of benzene rings is 1. The van der Waals surface area contributed by atoms with Gasteiger partial charge in [0.1, 0.15) is 0 Å². The van der Waals surface area contributed by atoms with Gasteiger partial charge < -0.3 is 10.6 Å². The van der Waals surface area contributed by atoms with Crippen molar-refractivity contribution in [2.75, 3.05) is 23.7 Å². The van der Waals surface area contributed by atoms with Gasteiger partial charge in [0.15, 0.2) is 0 Å². The highest BCUT2D eigenvalue weighted by atomic mass is 19.4. The summed E-state index contributed by atoms with van der Waals surface area (Å²) in [6.07, 6.45) is -2.58. The van der Waals surface area contributed by atoms with Crippen molar-refractivity contribution in [2.45, 2.75) is 19.0 Å². The molecule has 1 aromatic carbocycles. The zero-order valence-electron chi connectivity index (χ0n) is 10.0. The largest absolute Gasteiger partial charge is 0.418 e. The molecule has 1 aromatic rings. The van der Waals surface area contributed by atoms with Crippen molar-refractivity contribution >= 4 is 11.4 Å². The molecule has 2 N–H and O–H groups in total. The Morgan fingerprint density at radius 2 is 1.83 bits per heavy atom. The number of nitrogens with two attached hydrogens (primary N) is 1. The van der Waals surface area contributed by atoms with Crippen LogP contribution in [0.4, 0.5) is 24.5 Å². The second-order valence-electron chi connectivity index (χ2n) is 4.70. The molecular weight excluding hydrogens is 241 g/mol. The first-order valence-electron chi connectivity index (χ1n) is 5.92. The summed E-state index contributed by atoms with van der Waals surface area (Å²) in [6.45, 7) is 5.46. The maximum absolute atomic E-state index is 12.7. The zero-order valence-corrected chi connectivity index (χ0v) is 10.0. The fraction of sp³-hybridized carbons (Fsp3) is 0.462. The first-order chi connectivity index (χ1) is 8.38. The first kappa shape index (κ1) is 13.1. The van der Waals surface area contributed by atoms with Crippen LogP contribution in [-0.2, 0) is 6.18 Å². The van der Waals surface area contributed by atoms with E-state index < -0.39 is 11.7 Å². The Balaban J connectivity index is 2.24. The van der Waals surface area contributed by atoms with Crippen molar-refractivity contribution < 1.29 is 13.2 Å². The summed E-state index contributed by atoms with van der Waals surface area (Å²) in [5.41, 5.74) is 4.99. The monoisotopic (exact) mass is 257 g/mol. The number of anilines is 2. The van der Waals surface area contributed by atoms with Gasteiger partial charge in [-0.25, -0.2) is 0 Å². The van der Waals surface area contributed by atoms with Crippen molar-refractivity contribution in [3.8, 4) is 0 Å². The van der Waals surface area contributed by atoms with Gasteiger partial charge in [-0.3, -0.25) is 0 Å². The summed E-state index contributed by atoms with van der Waals surface area (Å²) < 4.78 is 38.2. The number of piperidine rings is 1. The lowest BCUT2D eigenvalue weighted by molar-refractivity contribution is -0.136. The van der Waals surface area contributed by atoms with Gasteiger partial charge in [-0.15, -0.1) is 0 Å². The van der Waals surface area contributed by atoms with E-state index in [2.05, 4.69) is 6.92 Å². The topological polar surface area (TPSA) is 29.3 Å². The fourth-order valence-corrected chi connectivity index (χ4v) is 2.18. The van der Waals surface area contributed by atoms with E-state index in [1.807, 2.05) is 4.90 Å². The molecule has 0 unspecified atom stereocenters. The molecule has 99 valence electrons. The van der Waals surface area contributed by atoms with E-state index in [1.165, 1.54) is 6.07 Å². The van der Waals surface area contributed by atoms with E-state index in [1.54, 1.807) is 6.07 Å². The third kappa shape index (κ3) is 2.71. The molecule has 0 spiro atoms. The number of hydrogen-bond donors (Lipinski definition) is 1. The van der Waals surface area contributed by atoms with Gasteiger partial charge in [0, 0.05) is 24.5 Å². The van der Waals surface area contributed by atoms with E-state index in [0.29, 0.717) is 11.6 Å². The Labute approximate surface area is 105 Å². The van der Waals surface area contributed by atoms with Crippen LogP contribution in [0.5, 0.6) is 0 Å². The third-order valence-electron chi connectivity index (χ3n) is 3.32. The number of halogens is 3. The lowest BCUT2D eigenvalue weighted by Crippen LogP contribution is -2.33. The van der Waals surface area contributed by atoms with Crippen molar-refractivity contribution in [2.24, 2.45) is 5.92 Å². The molecular formula is C13H16F3N2. The normalized spacial score (nSPS) is 18.1. The number of rotatable bonds is 1. The maximum atomic E-state index is 12.7. The predicted octanol–water partition coefficient (Wildman–Crippen LogP) is 3.34. The molecule has 0 aromatic heterocycles. The van der Waals surface area contributed by atoms with Gasteiger partial charge >= 0.3 is 6.18 Å². The van der Waals surface area contributed by atoms with E-state index in [4.69, 9.17) is 5.73 Å². The van der Waals surface area contributed by atoms with Crippen LogP contribution in [0.15, 0.2) is 18.2 Å². The van der Waals surface area contributed by atoms with E-state index in [0.717, 1.165) is 32.0 Å². The fourth-order valence-electron chi connectivity index (χ4n) is 2.18. The smallest absolute Gasteiger partial charge is 0.398 e. The summed E-state index contributed by atoms with van der Waals surface area (Å²) in [6, 6.07) is 4.11. The summed E-state index contributed by atoms with van der Waals surface area (Å²) in [5.74, 6) is 0.400. The molecule has 0 atom stereocenters. The zero-order chi connectivity index (χ0) is 13.3. The van der Waals surface area contributed by atoms with E-state index >= 15 is 0 Å².